The van der Waals surface area contributed by atoms with Gasteiger partial charge in [0.1, 0.15) is 5.82 Å². The Morgan fingerprint density at radius 1 is 1.14 bits per heavy atom. The Bertz CT molecular complexity index is 838. The summed E-state index contributed by atoms with van der Waals surface area (Å²) in [4.78, 5) is 17.3. The number of alkyl halides is 3. The maximum Gasteiger partial charge on any atom is 0.416 e. The smallest absolute Gasteiger partial charge is 0.338 e. The summed E-state index contributed by atoms with van der Waals surface area (Å²) >= 11 is 0. The van der Waals surface area contributed by atoms with Gasteiger partial charge in [-0.15, -0.1) is 0 Å². The number of hydrogen-bond donors (Lipinski definition) is 1. The van der Waals surface area contributed by atoms with E-state index in [0.29, 0.717) is 17.1 Å². The van der Waals surface area contributed by atoms with E-state index in [2.05, 4.69) is 9.97 Å². The molecule has 0 atom stereocenters. The number of hydrogen-bond acceptors (Lipinski definition) is 3. The molecule has 0 spiro atoms. The first kappa shape index (κ1) is 14.1. The van der Waals surface area contributed by atoms with Crippen molar-refractivity contribution in [3.8, 4) is 11.4 Å². The van der Waals surface area contributed by atoms with E-state index in [4.69, 9.17) is 0 Å². The minimum Gasteiger partial charge on any atom is -0.338 e. The van der Waals surface area contributed by atoms with Crippen molar-refractivity contribution in [1.82, 2.24) is 9.97 Å². The lowest BCUT2D eigenvalue weighted by atomic mass is 10.1. The fourth-order valence-corrected chi connectivity index (χ4v) is 2.14. The van der Waals surface area contributed by atoms with Gasteiger partial charge >= 0.3 is 6.18 Å². The van der Waals surface area contributed by atoms with E-state index in [1.54, 1.807) is 24.3 Å². The highest BCUT2D eigenvalue weighted by atomic mass is 19.4. The number of para-hydroxylation sites is 2. The normalized spacial score (nSPS) is 11.8. The zero-order valence-electron chi connectivity index (χ0n) is 10.9. The average molecular weight is 307 g/mol. The van der Waals surface area contributed by atoms with Crippen molar-refractivity contribution in [1.29, 1.82) is 0 Å². The van der Waals surface area contributed by atoms with Crippen LogP contribution in [0.25, 0.3) is 22.4 Å². The first-order valence-electron chi connectivity index (χ1n) is 6.17. The van der Waals surface area contributed by atoms with Crippen LogP contribution in [0, 0.1) is 10.1 Å². The molecule has 0 unspecified atom stereocenters. The molecule has 0 amide bonds. The number of aromatic amines is 1. The lowest BCUT2D eigenvalue weighted by Crippen LogP contribution is -2.06. The third kappa shape index (κ3) is 2.39. The fourth-order valence-electron chi connectivity index (χ4n) is 2.14. The molecular weight excluding hydrogens is 299 g/mol. The highest BCUT2D eigenvalue weighted by Gasteiger charge is 2.33. The van der Waals surface area contributed by atoms with Gasteiger partial charge in [0.15, 0.2) is 0 Å². The number of nitrogens with zero attached hydrogens (tertiary/aromatic N) is 2. The molecular formula is C14H8F3N3O2. The summed E-state index contributed by atoms with van der Waals surface area (Å²) in [5.74, 6) is 0.154. The molecule has 112 valence electrons. The Morgan fingerprint density at radius 3 is 2.50 bits per heavy atom. The second-order valence-corrected chi connectivity index (χ2v) is 4.59. The topological polar surface area (TPSA) is 71.8 Å². The monoisotopic (exact) mass is 307 g/mol. The van der Waals surface area contributed by atoms with Crippen LogP contribution < -0.4 is 0 Å². The van der Waals surface area contributed by atoms with Crippen LogP contribution in [0.15, 0.2) is 42.5 Å². The minimum absolute atomic E-state index is 0.00852. The van der Waals surface area contributed by atoms with Crippen LogP contribution in [-0.4, -0.2) is 14.9 Å². The number of nitro groups is 1. The summed E-state index contributed by atoms with van der Waals surface area (Å²) in [6.45, 7) is 0. The van der Waals surface area contributed by atoms with Crippen molar-refractivity contribution in [2.45, 2.75) is 6.18 Å². The quantitative estimate of drug-likeness (QED) is 0.571. The largest absolute Gasteiger partial charge is 0.416 e. The van der Waals surface area contributed by atoms with Gasteiger partial charge in [0.25, 0.3) is 5.69 Å². The summed E-state index contributed by atoms with van der Waals surface area (Å²) in [6.07, 6.45) is -4.64. The number of aromatic nitrogens is 2. The summed E-state index contributed by atoms with van der Waals surface area (Å²) < 4.78 is 38.1. The number of nitrogens with one attached hydrogen (secondary N) is 1. The molecule has 3 rings (SSSR count). The fraction of sp³-hybridized carbons (Fsp3) is 0.0714. The highest BCUT2D eigenvalue weighted by Crippen LogP contribution is 2.36. The molecule has 1 heterocycles. The number of halogens is 3. The standard InChI is InChI=1S/C14H8F3N3O2/c15-14(16,17)8-5-6-9(12(7-8)20(21)22)13-18-10-3-1-2-4-11(10)19-13/h1-7H,(H,18,19). The predicted octanol–water partition coefficient (Wildman–Crippen LogP) is 4.16. The van der Waals surface area contributed by atoms with Crippen LogP contribution in [-0.2, 0) is 6.18 Å². The third-order valence-corrected chi connectivity index (χ3v) is 3.17. The third-order valence-electron chi connectivity index (χ3n) is 3.17. The van der Waals surface area contributed by atoms with Gasteiger partial charge in [-0.25, -0.2) is 4.98 Å². The maximum atomic E-state index is 12.7. The van der Waals surface area contributed by atoms with Crippen LogP contribution in [0.2, 0.25) is 0 Å². The summed E-state index contributed by atoms with van der Waals surface area (Å²) in [5, 5.41) is 11.1. The molecule has 22 heavy (non-hydrogen) atoms. The van der Waals surface area contributed by atoms with Crippen LogP contribution in [0.3, 0.4) is 0 Å². The van der Waals surface area contributed by atoms with Crippen LogP contribution in [0.1, 0.15) is 5.56 Å². The number of H-pyrrole nitrogens is 1. The lowest BCUT2D eigenvalue weighted by molar-refractivity contribution is -0.384. The molecule has 0 fully saturated rings. The first-order chi connectivity index (χ1) is 10.4. The van der Waals surface area contributed by atoms with Gasteiger partial charge in [0.2, 0.25) is 0 Å². The molecule has 0 saturated carbocycles. The zero-order chi connectivity index (χ0) is 15.9. The minimum atomic E-state index is -4.64. The Morgan fingerprint density at radius 2 is 1.86 bits per heavy atom. The van der Waals surface area contributed by atoms with E-state index in [9.17, 15) is 23.3 Å². The SMILES string of the molecule is O=[N+]([O-])c1cc(C(F)(F)F)ccc1-c1nc2ccccc2[nH]1. The maximum absolute atomic E-state index is 12.7. The summed E-state index contributed by atoms with van der Waals surface area (Å²) in [5.41, 5.74) is -0.486. The highest BCUT2D eigenvalue weighted by molar-refractivity contribution is 5.81. The van der Waals surface area contributed by atoms with Crippen molar-refractivity contribution >= 4 is 16.7 Å². The Hall–Kier alpha value is -2.90. The molecule has 0 saturated heterocycles. The molecule has 8 heteroatoms. The van der Waals surface area contributed by atoms with Crippen molar-refractivity contribution in [3.05, 3.63) is 58.1 Å². The number of fused-ring (bicyclic) bond motifs is 1. The number of benzene rings is 2. The van der Waals surface area contributed by atoms with Gasteiger partial charge in [-0.05, 0) is 24.3 Å². The zero-order valence-corrected chi connectivity index (χ0v) is 10.9. The predicted molar refractivity (Wildman–Crippen MR) is 73.2 cm³/mol. The summed E-state index contributed by atoms with van der Waals surface area (Å²) in [7, 11) is 0. The van der Waals surface area contributed by atoms with Gasteiger partial charge in [-0.1, -0.05) is 12.1 Å². The average Bonchev–Trinajstić information content (AvgIpc) is 2.89. The Kier molecular flexibility index (Phi) is 3.09. The van der Waals surface area contributed by atoms with Crippen LogP contribution >= 0.6 is 0 Å². The van der Waals surface area contributed by atoms with Crippen LogP contribution in [0.4, 0.5) is 18.9 Å². The van der Waals surface area contributed by atoms with E-state index in [1.165, 1.54) is 0 Å². The molecule has 0 bridgehead atoms. The second kappa shape index (κ2) is 4.83. The molecule has 0 aliphatic carbocycles. The van der Waals surface area contributed by atoms with E-state index in [0.717, 1.165) is 12.1 Å². The van der Waals surface area contributed by atoms with E-state index in [1.807, 2.05) is 0 Å². The van der Waals surface area contributed by atoms with Crippen molar-refractivity contribution < 1.29 is 18.1 Å². The number of rotatable bonds is 2. The van der Waals surface area contributed by atoms with E-state index >= 15 is 0 Å². The summed E-state index contributed by atoms with van der Waals surface area (Å²) in [6, 6.07) is 9.29. The Balaban J connectivity index is 2.19. The molecule has 1 N–H and O–H groups in total. The van der Waals surface area contributed by atoms with Gasteiger partial charge in [-0.2, -0.15) is 13.2 Å². The molecule has 0 aliphatic rings. The van der Waals surface area contributed by atoms with Crippen LogP contribution in [0.5, 0.6) is 0 Å². The second-order valence-electron chi connectivity index (χ2n) is 4.59. The number of nitro benzene ring substituents is 1. The molecule has 1 aromatic heterocycles. The molecule has 0 aliphatic heterocycles. The number of imidazole rings is 1. The molecule has 0 radical (unpaired) electrons. The molecule has 3 aromatic rings. The van der Waals surface area contributed by atoms with Gasteiger partial charge in [0.05, 0.1) is 27.1 Å². The Labute approximate surface area is 121 Å². The van der Waals surface area contributed by atoms with E-state index in [-0.39, 0.29) is 11.4 Å². The molecule has 2 aromatic carbocycles. The van der Waals surface area contributed by atoms with Crippen molar-refractivity contribution in [2.24, 2.45) is 0 Å². The van der Waals surface area contributed by atoms with E-state index < -0.39 is 22.4 Å². The van der Waals surface area contributed by atoms with Crippen molar-refractivity contribution in [2.75, 3.05) is 0 Å². The molecule has 5 nitrogen and oxygen atoms in total. The first-order valence-corrected chi connectivity index (χ1v) is 6.17. The lowest BCUT2D eigenvalue weighted by Gasteiger charge is -2.07. The van der Waals surface area contributed by atoms with Crippen molar-refractivity contribution in [3.63, 3.8) is 0 Å². The van der Waals surface area contributed by atoms with Gasteiger partial charge < -0.3 is 4.98 Å². The van der Waals surface area contributed by atoms with Gasteiger partial charge in [-0.3, -0.25) is 10.1 Å². The van der Waals surface area contributed by atoms with Gasteiger partial charge in [0, 0.05) is 6.07 Å².